The van der Waals surface area contributed by atoms with Crippen LogP contribution in [0, 0.1) is 6.92 Å². The maximum Gasteiger partial charge on any atom is 0.252 e. The van der Waals surface area contributed by atoms with Gasteiger partial charge < -0.3 is 5.32 Å². The number of benzene rings is 1. The number of carbonyl (C=O) groups excluding carboxylic acids is 1. The number of hydrogen-bond acceptors (Lipinski definition) is 1. The van der Waals surface area contributed by atoms with Gasteiger partial charge in [0, 0.05) is 11.6 Å². The summed E-state index contributed by atoms with van der Waals surface area (Å²) in [5.41, 5.74) is 1.89. The monoisotopic (exact) mass is 209 g/mol. The van der Waals surface area contributed by atoms with E-state index in [9.17, 15) is 4.79 Å². The number of hydrogen-bond donors (Lipinski definition) is 1. The van der Waals surface area contributed by atoms with Gasteiger partial charge in [0.25, 0.3) is 5.91 Å². The lowest BCUT2D eigenvalue weighted by atomic mass is 10.1. The van der Waals surface area contributed by atoms with E-state index in [0.717, 1.165) is 16.4 Å². The summed E-state index contributed by atoms with van der Waals surface area (Å²) in [5.74, 6) is -0.00926. The number of rotatable bonds is 2. The molecule has 1 aromatic rings. The zero-order valence-electron chi connectivity index (χ0n) is 8.79. The summed E-state index contributed by atoms with van der Waals surface area (Å²) in [6, 6.07) is 5.96. The largest absolute Gasteiger partial charge is 0.350 e. The third-order valence-corrected chi connectivity index (χ3v) is 2.35. The molecule has 2 nitrogen and oxygen atoms in total. The van der Waals surface area contributed by atoms with Crippen LogP contribution in [0.5, 0.6) is 0 Å². The Morgan fingerprint density at radius 2 is 2.07 bits per heavy atom. The molecular weight excluding hydrogens is 193 g/mol. The van der Waals surface area contributed by atoms with Crippen LogP contribution in [0.15, 0.2) is 18.2 Å². The van der Waals surface area contributed by atoms with E-state index in [-0.39, 0.29) is 11.9 Å². The van der Waals surface area contributed by atoms with E-state index in [2.05, 4.69) is 14.6 Å². The minimum absolute atomic E-state index is 0.00926. The normalized spacial score (nSPS) is 10.4. The molecule has 0 bridgehead atoms. The van der Waals surface area contributed by atoms with Gasteiger partial charge in [-0.05, 0) is 32.1 Å². The van der Waals surface area contributed by atoms with Crippen molar-refractivity contribution in [3.05, 3.63) is 29.3 Å². The Kier molecular flexibility index (Phi) is 3.65. The van der Waals surface area contributed by atoms with Gasteiger partial charge in [0.1, 0.15) is 0 Å². The first-order valence-corrected chi connectivity index (χ1v) is 5.25. The molecule has 0 aliphatic rings. The van der Waals surface area contributed by atoms with Crippen LogP contribution < -0.4 is 10.6 Å². The molecule has 0 fully saturated rings. The van der Waals surface area contributed by atoms with Crippen molar-refractivity contribution in [1.82, 2.24) is 5.32 Å². The van der Waals surface area contributed by atoms with Gasteiger partial charge in [0.2, 0.25) is 0 Å². The minimum Gasteiger partial charge on any atom is -0.350 e. The SMILES string of the molecule is Cc1ccc(C(=O)NC(C)C)c(P)c1. The Morgan fingerprint density at radius 1 is 1.43 bits per heavy atom. The first-order chi connectivity index (χ1) is 6.50. The van der Waals surface area contributed by atoms with E-state index in [1.165, 1.54) is 0 Å². The molecule has 1 amide bonds. The smallest absolute Gasteiger partial charge is 0.252 e. The lowest BCUT2D eigenvalue weighted by Crippen LogP contribution is -2.32. The number of carbonyl (C=O) groups is 1. The zero-order valence-corrected chi connectivity index (χ0v) is 9.95. The Morgan fingerprint density at radius 3 is 2.57 bits per heavy atom. The summed E-state index contributed by atoms with van der Waals surface area (Å²) in [6.45, 7) is 5.92. The van der Waals surface area contributed by atoms with Gasteiger partial charge in [0.05, 0.1) is 0 Å². The number of amides is 1. The fourth-order valence-corrected chi connectivity index (χ4v) is 1.72. The van der Waals surface area contributed by atoms with E-state index in [1.54, 1.807) is 0 Å². The van der Waals surface area contributed by atoms with Crippen LogP contribution in [0.2, 0.25) is 0 Å². The Balaban J connectivity index is 2.90. The summed E-state index contributed by atoms with van der Waals surface area (Å²) in [6.07, 6.45) is 0. The van der Waals surface area contributed by atoms with Gasteiger partial charge in [-0.3, -0.25) is 4.79 Å². The summed E-state index contributed by atoms with van der Waals surface area (Å²) >= 11 is 0. The summed E-state index contributed by atoms with van der Waals surface area (Å²) in [7, 11) is 2.59. The highest BCUT2D eigenvalue weighted by molar-refractivity contribution is 7.27. The molecule has 0 aromatic heterocycles. The second-order valence-electron chi connectivity index (χ2n) is 3.72. The van der Waals surface area contributed by atoms with Gasteiger partial charge in [-0.2, -0.15) is 0 Å². The van der Waals surface area contributed by atoms with Gasteiger partial charge in [-0.15, -0.1) is 9.24 Å². The van der Waals surface area contributed by atoms with Crippen LogP contribution in [-0.2, 0) is 0 Å². The van der Waals surface area contributed by atoms with Crippen molar-refractivity contribution >= 4 is 20.5 Å². The lowest BCUT2D eigenvalue weighted by molar-refractivity contribution is 0.0944. The second-order valence-corrected chi connectivity index (χ2v) is 4.34. The molecule has 14 heavy (non-hydrogen) atoms. The molecular formula is C11H16NOP. The molecule has 0 saturated heterocycles. The molecule has 0 aliphatic carbocycles. The van der Waals surface area contributed by atoms with Crippen molar-refractivity contribution < 1.29 is 4.79 Å². The lowest BCUT2D eigenvalue weighted by Gasteiger charge is -2.10. The van der Waals surface area contributed by atoms with Crippen molar-refractivity contribution in [1.29, 1.82) is 0 Å². The molecule has 1 atom stereocenters. The van der Waals surface area contributed by atoms with E-state index in [4.69, 9.17) is 0 Å². The molecule has 1 rings (SSSR count). The molecule has 0 radical (unpaired) electrons. The predicted octanol–water partition coefficient (Wildman–Crippen LogP) is 1.63. The molecule has 0 spiro atoms. The van der Waals surface area contributed by atoms with Crippen LogP contribution in [-0.4, -0.2) is 11.9 Å². The minimum atomic E-state index is -0.00926. The van der Waals surface area contributed by atoms with Crippen molar-refractivity contribution in [3.63, 3.8) is 0 Å². The van der Waals surface area contributed by atoms with Crippen molar-refractivity contribution in [3.8, 4) is 0 Å². The van der Waals surface area contributed by atoms with E-state index < -0.39 is 0 Å². The van der Waals surface area contributed by atoms with Gasteiger partial charge in [-0.1, -0.05) is 17.7 Å². The molecule has 1 N–H and O–H groups in total. The van der Waals surface area contributed by atoms with E-state index >= 15 is 0 Å². The third-order valence-electron chi connectivity index (χ3n) is 1.87. The quantitative estimate of drug-likeness (QED) is 0.737. The third kappa shape index (κ3) is 2.81. The van der Waals surface area contributed by atoms with Crippen molar-refractivity contribution in [2.24, 2.45) is 0 Å². The van der Waals surface area contributed by atoms with Crippen LogP contribution in [0.1, 0.15) is 29.8 Å². The van der Waals surface area contributed by atoms with Crippen LogP contribution in [0.4, 0.5) is 0 Å². The van der Waals surface area contributed by atoms with Crippen LogP contribution in [0.3, 0.4) is 0 Å². The zero-order chi connectivity index (χ0) is 10.7. The first kappa shape index (κ1) is 11.2. The average molecular weight is 209 g/mol. The van der Waals surface area contributed by atoms with Crippen LogP contribution in [0.25, 0.3) is 0 Å². The Labute approximate surface area is 87.3 Å². The van der Waals surface area contributed by atoms with Gasteiger partial charge in [-0.25, -0.2) is 0 Å². The maximum atomic E-state index is 11.7. The highest BCUT2D eigenvalue weighted by Gasteiger charge is 2.09. The Bertz CT molecular complexity index is 347. The summed E-state index contributed by atoms with van der Waals surface area (Å²) in [5, 5.41) is 3.81. The van der Waals surface area contributed by atoms with Crippen molar-refractivity contribution in [2.75, 3.05) is 0 Å². The Hall–Kier alpha value is -0.880. The molecule has 76 valence electrons. The molecule has 3 heteroatoms. The number of nitrogens with one attached hydrogen (secondary N) is 1. The molecule has 0 aliphatic heterocycles. The highest BCUT2D eigenvalue weighted by atomic mass is 31.0. The average Bonchev–Trinajstić information content (AvgIpc) is 2.01. The fourth-order valence-electron chi connectivity index (χ4n) is 1.23. The van der Waals surface area contributed by atoms with Crippen LogP contribution >= 0.6 is 9.24 Å². The van der Waals surface area contributed by atoms with Crippen molar-refractivity contribution in [2.45, 2.75) is 26.8 Å². The molecule has 1 aromatic carbocycles. The summed E-state index contributed by atoms with van der Waals surface area (Å²) < 4.78 is 0. The van der Waals surface area contributed by atoms with E-state index in [1.807, 2.05) is 39.0 Å². The topological polar surface area (TPSA) is 29.1 Å². The predicted molar refractivity (Wildman–Crippen MR) is 63.1 cm³/mol. The van der Waals surface area contributed by atoms with Gasteiger partial charge >= 0.3 is 0 Å². The highest BCUT2D eigenvalue weighted by Crippen LogP contribution is 2.04. The second kappa shape index (κ2) is 4.56. The first-order valence-electron chi connectivity index (χ1n) is 4.67. The maximum absolute atomic E-state index is 11.7. The molecule has 0 saturated carbocycles. The van der Waals surface area contributed by atoms with Gasteiger partial charge in [0.15, 0.2) is 0 Å². The standard InChI is InChI=1S/C11H16NOP/c1-7(2)12-11(13)9-5-4-8(3)6-10(9)14/h4-7H,14H2,1-3H3,(H,12,13). The fraction of sp³-hybridized carbons (Fsp3) is 0.364. The molecule has 0 heterocycles. The van der Waals surface area contributed by atoms with E-state index in [0.29, 0.717) is 0 Å². The number of aryl methyl sites for hydroxylation is 1. The molecule has 1 unspecified atom stereocenters. The summed E-state index contributed by atoms with van der Waals surface area (Å²) in [4.78, 5) is 11.7.